The first kappa shape index (κ1) is 12.8. The zero-order chi connectivity index (χ0) is 13.1. The number of para-hydroxylation sites is 2. The van der Waals surface area contributed by atoms with Gasteiger partial charge < -0.3 is 15.0 Å². The molecule has 3 rings (SSSR count). The maximum absolute atomic E-state index is 5.46. The average Bonchev–Trinajstić information content (AvgIpc) is 2.89. The van der Waals surface area contributed by atoms with E-state index in [1.165, 1.54) is 0 Å². The normalized spacial score (nSPS) is 18.6. The third-order valence-corrected chi connectivity index (χ3v) is 5.22. The minimum absolute atomic E-state index is 0.275. The number of ether oxygens (including phenoxy) is 1. The summed E-state index contributed by atoms with van der Waals surface area (Å²) < 4.78 is 5.74. The van der Waals surface area contributed by atoms with E-state index in [-0.39, 0.29) is 4.75 Å². The molecule has 4 nitrogen and oxygen atoms in total. The number of thioether (sulfide) groups is 1. The van der Waals surface area contributed by atoms with Gasteiger partial charge in [-0.05, 0) is 31.2 Å². The van der Waals surface area contributed by atoms with Crippen molar-refractivity contribution >= 4 is 28.7 Å². The number of anilines is 1. The Kier molecular flexibility index (Phi) is 3.66. The van der Waals surface area contributed by atoms with Gasteiger partial charge in [-0.2, -0.15) is 11.8 Å². The topological polar surface area (TPSA) is 49.9 Å². The number of hydrogen-bond acceptors (Lipinski definition) is 4. The number of nitrogens with zero attached hydrogens (tertiary/aromatic N) is 1. The van der Waals surface area contributed by atoms with Gasteiger partial charge in [-0.25, -0.2) is 4.98 Å². The second-order valence-electron chi connectivity index (χ2n) is 4.96. The summed E-state index contributed by atoms with van der Waals surface area (Å²) in [5.74, 6) is 0.862. The molecule has 0 bridgehead atoms. The summed E-state index contributed by atoms with van der Waals surface area (Å²) in [6.45, 7) is 2.66. The SMILES string of the molecule is CSC1(CNc2nc3ccccc3[nH]2)CCOCC1. The van der Waals surface area contributed by atoms with Crippen molar-refractivity contribution in [2.24, 2.45) is 0 Å². The van der Waals surface area contributed by atoms with Gasteiger partial charge in [-0.15, -0.1) is 0 Å². The van der Waals surface area contributed by atoms with Crippen molar-refractivity contribution in [2.75, 3.05) is 31.3 Å². The predicted octanol–water partition coefficient (Wildman–Crippen LogP) is 2.89. The molecule has 1 aromatic heterocycles. The number of H-pyrrole nitrogens is 1. The highest BCUT2D eigenvalue weighted by molar-refractivity contribution is 8.00. The molecule has 0 unspecified atom stereocenters. The molecule has 0 saturated carbocycles. The van der Waals surface area contributed by atoms with Crippen LogP contribution in [0, 0.1) is 0 Å². The largest absolute Gasteiger partial charge is 0.381 e. The Hall–Kier alpha value is -1.20. The molecule has 2 N–H and O–H groups in total. The highest BCUT2D eigenvalue weighted by Crippen LogP contribution is 2.33. The summed E-state index contributed by atoms with van der Waals surface area (Å²) in [4.78, 5) is 7.87. The fourth-order valence-electron chi connectivity index (χ4n) is 2.48. The molecule has 0 amide bonds. The Morgan fingerprint density at radius 1 is 1.37 bits per heavy atom. The Bertz CT molecular complexity index is 515. The summed E-state index contributed by atoms with van der Waals surface area (Å²) in [7, 11) is 0. The number of imidazole rings is 1. The van der Waals surface area contributed by atoms with E-state index in [0.29, 0.717) is 0 Å². The van der Waals surface area contributed by atoms with Gasteiger partial charge in [0.15, 0.2) is 0 Å². The van der Waals surface area contributed by atoms with Crippen molar-refractivity contribution in [3.8, 4) is 0 Å². The summed E-state index contributed by atoms with van der Waals surface area (Å²) in [6.07, 6.45) is 4.38. The number of aromatic nitrogens is 2. The second-order valence-corrected chi connectivity index (χ2v) is 6.23. The zero-order valence-corrected chi connectivity index (χ0v) is 11.9. The van der Waals surface area contributed by atoms with Crippen LogP contribution in [-0.2, 0) is 4.74 Å². The zero-order valence-electron chi connectivity index (χ0n) is 11.1. The van der Waals surface area contributed by atoms with Crippen LogP contribution < -0.4 is 5.32 Å². The van der Waals surface area contributed by atoms with Crippen LogP contribution in [0.15, 0.2) is 24.3 Å². The second kappa shape index (κ2) is 5.43. The highest BCUT2D eigenvalue weighted by Gasteiger charge is 2.31. The molecule has 102 valence electrons. The number of rotatable bonds is 4. The molecule has 0 spiro atoms. The quantitative estimate of drug-likeness (QED) is 0.902. The van der Waals surface area contributed by atoms with Gasteiger partial charge in [0.25, 0.3) is 0 Å². The van der Waals surface area contributed by atoms with Gasteiger partial charge in [0.2, 0.25) is 5.95 Å². The predicted molar refractivity (Wildman–Crippen MR) is 80.9 cm³/mol. The summed E-state index contributed by atoms with van der Waals surface area (Å²) in [5, 5.41) is 3.45. The summed E-state index contributed by atoms with van der Waals surface area (Å²) in [5.41, 5.74) is 2.09. The molecule has 1 aliphatic heterocycles. The first-order valence-electron chi connectivity index (χ1n) is 6.63. The van der Waals surface area contributed by atoms with Gasteiger partial charge in [-0.1, -0.05) is 12.1 Å². The molecule has 1 saturated heterocycles. The van der Waals surface area contributed by atoms with Crippen molar-refractivity contribution in [3.63, 3.8) is 0 Å². The Morgan fingerprint density at radius 3 is 2.89 bits per heavy atom. The smallest absolute Gasteiger partial charge is 0.201 e. The van der Waals surface area contributed by atoms with Crippen LogP contribution in [0.1, 0.15) is 12.8 Å². The van der Waals surface area contributed by atoms with E-state index in [0.717, 1.165) is 49.6 Å². The van der Waals surface area contributed by atoms with Crippen molar-refractivity contribution < 1.29 is 4.74 Å². The van der Waals surface area contributed by atoms with E-state index < -0.39 is 0 Å². The maximum Gasteiger partial charge on any atom is 0.201 e. The van der Waals surface area contributed by atoms with Crippen LogP contribution in [0.25, 0.3) is 11.0 Å². The monoisotopic (exact) mass is 277 g/mol. The van der Waals surface area contributed by atoms with E-state index in [9.17, 15) is 0 Å². The van der Waals surface area contributed by atoms with E-state index in [2.05, 4.69) is 21.5 Å². The summed E-state index contributed by atoms with van der Waals surface area (Å²) in [6, 6.07) is 8.10. The van der Waals surface area contributed by atoms with Crippen LogP contribution in [0.5, 0.6) is 0 Å². The standard InChI is InChI=1S/C14H19N3OS/c1-19-14(6-8-18-9-7-14)10-15-13-16-11-4-2-3-5-12(11)17-13/h2-5H,6-10H2,1H3,(H2,15,16,17). The molecular weight excluding hydrogens is 258 g/mol. The van der Waals surface area contributed by atoms with Crippen LogP contribution >= 0.6 is 11.8 Å². The molecular formula is C14H19N3OS. The molecule has 19 heavy (non-hydrogen) atoms. The third kappa shape index (κ3) is 2.72. The Balaban J connectivity index is 1.70. The Morgan fingerprint density at radius 2 is 2.16 bits per heavy atom. The maximum atomic E-state index is 5.46. The number of fused-ring (bicyclic) bond motifs is 1. The molecule has 2 aromatic rings. The van der Waals surface area contributed by atoms with E-state index in [4.69, 9.17) is 4.74 Å². The molecule has 1 aromatic carbocycles. The fourth-order valence-corrected chi connectivity index (χ4v) is 3.27. The van der Waals surface area contributed by atoms with Gasteiger partial charge >= 0.3 is 0 Å². The van der Waals surface area contributed by atoms with Gasteiger partial charge in [-0.3, -0.25) is 0 Å². The minimum atomic E-state index is 0.275. The third-order valence-electron chi connectivity index (χ3n) is 3.80. The van der Waals surface area contributed by atoms with Crippen LogP contribution in [0.4, 0.5) is 5.95 Å². The van der Waals surface area contributed by atoms with Crippen LogP contribution in [0.3, 0.4) is 0 Å². The summed E-state index contributed by atoms with van der Waals surface area (Å²) >= 11 is 1.94. The number of aromatic amines is 1. The number of hydrogen-bond donors (Lipinski definition) is 2. The fraction of sp³-hybridized carbons (Fsp3) is 0.500. The van der Waals surface area contributed by atoms with Crippen LogP contribution in [-0.4, -0.2) is 40.7 Å². The van der Waals surface area contributed by atoms with E-state index >= 15 is 0 Å². The molecule has 1 aliphatic rings. The molecule has 5 heteroatoms. The van der Waals surface area contributed by atoms with Gasteiger partial charge in [0.1, 0.15) is 0 Å². The van der Waals surface area contributed by atoms with Crippen molar-refractivity contribution in [1.29, 1.82) is 0 Å². The van der Waals surface area contributed by atoms with E-state index in [1.807, 2.05) is 36.0 Å². The average molecular weight is 277 g/mol. The first-order valence-corrected chi connectivity index (χ1v) is 7.85. The molecule has 0 atom stereocenters. The molecule has 2 heterocycles. The van der Waals surface area contributed by atoms with Crippen molar-refractivity contribution in [1.82, 2.24) is 9.97 Å². The van der Waals surface area contributed by atoms with Gasteiger partial charge in [0.05, 0.1) is 11.0 Å². The van der Waals surface area contributed by atoms with E-state index in [1.54, 1.807) is 0 Å². The molecule has 0 radical (unpaired) electrons. The number of nitrogens with one attached hydrogen (secondary N) is 2. The first-order chi connectivity index (χ1) is 9.31. The molecule has 0 aliphatic carbocycles. The van der Waals surface area contributed by atoms with Crippen LogP contribution in [0.2, 0.25) is 0 Å². The Labute approximate surface area is 117 Å². The van der Waals surface area contributed by atoms with Gasteiger partial charge in [0, 0.05) is 24.5 Å². The lowest BCUT2D eigenvalue weighted by molar-refractivity contribution is 0.0802. The lowest BCUT2D eigenvalue weighted by Gasteiger charge is -2.35. The highest BCUT2D eigenvalue weighted by atomic mass is 32.2. The minimum Gasteiger partial charge on any atom is -0.381 e. The van der Waals surface area contributed by atoms with Crippen molar-refractivity contribution in [2.45, 2.75) is 17.6 Å². The van der Waals surface area contributed by atoms with Crippen molar-refractivity contribution in [3.05, 3.63) is 24.3 Å². The molecule has 1 fully saturated rings. The lowest BCUT2D eigenvalue weighted by atomic mass is 9.99. The lowest BCUT2D eigenvalue weighted by Crippen LogP contribution is -2.39. The number of benzene rings is 1.